The van der Waals surface area contributed by atoms with Gasteiger partial charge in [-0.2, -0.15) is 0 Å². The lowest BCUT2D eigenvalue weighted by molar-refractivity contribution is 0.0710. The Morgan fingerprint density at radius 1 is 1.08 bits per heavy atom. The molecule has 1 saturated carbocycles. The zero-order valence-electron chi connectivity index (χ0n) is 15.4. The van der Waals surface area contributed by atoms with Crippen LogP contribution in [0.5, 0.6) is 11.5 Å². The summed E-state index contributed by atoms with van der Waals surface area (Å²) in [6, 6.07) is 9.60. The predicted molar refractivity (Wildman–Crippen MR) is 100 cm³/mol. The van der Waals surface area contributed by atoms with E-state index in [0.29, 0.717) is 18.0 Å². The molecule has 2 aromatic carbocycles. The molecule has 1 spiro atoms. The number of ether oxygens (including phenoxy) is 3. The van der Waals surface area contributed by atoms with Crippen LogP contribution in [0.25, 0.3) is 10.8 Å². The number of likely N-dealkylation sites (tertiary alicyclic amines) is 1. The first-order valence-electron chi connectivity index (χ1n) is 8.83. The second-order valence-electron chi connectivity index (χ2n) is 7.17. The highest BCUT2D eigenvalue weighted by atomic mass is 16.5. The molecule has 1 atom stereocenters. The van der Waals surface area contributed by atoms with E-state index in [4.69, 9.17) is 14.2 Å². The fourth-order valence-electron chi connectivity index (χ4n) is 3.92. The average Bonchev–Trinajstić information content (AvgIpc) is 3.33. The Hall–Kier alpha value is -2.47. The summed E-state index contributed by atoms with van der Waals surface area (Å²) in [6.45, 7) is 1.43. The minimum Gasteiger partial charge on any atom is -0.493 e. The average molecular weight is 356 g/mol. The maximum atomic E-state index is 12.7. The topological polar surface area (TPSA) is 60.0 Å². The fraction of sp³-hybridized carbons (Fsp3) is 0.450. The van der Waals surface area contributed by atoms with Crippen LogP contribution in [-0.2, 0) is 4.74 Å². The van der Waals surface area contributed by atoms with Crippen LogP contribution in [0.4, 0.5) is 10.5 Å². The van der Waals surface area contributed by atoms with Gasteiger partial charge in [0.25, 0.3) is 0 Å². The van der Waals surface area contributed by atoms with Gasteiger partial charge in [0.05, 0.1) is 20.3 Å². The van der Waals surface area contributed by atoms with Crippen molar-refractivity contribution in [2.24, 2.45) is 5.41 Å². The first kappa shape index (κ1) is 17.0. The number of hydrogen-bond donors (Lipinski definition) is 1. The van der Waals surface area contributed by atoms with Crippen LogP contribution in [-0.4, -0.2) is 51.5 Å². The third-order valence-electron chi connectivity index (χ3n) is 5.63. The molecule has 2 amide bonds. The molecule has 6 heteroatoms. The van der Waals surface area contributed by atoms with Crippen LogP contribution in [0.15, 0.2) is 30.3 Å². The van der Waals surface area contributed by atoms with Crippen molar-refractivity contribution in [2.45, 2.75) is 18.9 Å². The Labute approximate surface area is 153 Å². The van der Waals surface area contributed by atoms with E-state index in [1.165, 1.54) is 0 Å². The maximum absolute atomic E-state index is 12.7. The van der Waals surface area contributed by atoms with Crippen molar-refractivity contribution in [2.75, 3.05) is 39.7 Å². The zero-order valence-corrected chi connectivity index (χ0v) is 15.4. The van der Waals surface area contributed by atoms with Crippen molar-refractivity contribution in [3.8, 4) is 11.5 Å². The zero-order chi connectivity index (χ0) is 18.3. The van der Waals surface area contributed by atoms with E-state index in [1.807, 2.05) is 35.2 Å². The number of carbonyl (C=O) groups excluding carboxylic acids is 1. The van der Waals surface area contributed by atoms with Gasteiger partial charge in [0.1, 0.15) is 0 Å². The predicted octanol–water partition coefficient (Wildman–Crippen LogP) is 3.50. The summed E-state index contributed by atoms with van der Waals surface area (Å²) in [4.78, 5) is 14.5. The highest BCUT2D eigenvalue weighted by Crippen LogP contribution is 2.53. The third kappa shape index (κ3) is 2.84. The number of anilines is 1. The van der Waals surface area contributed by atoms with E-state index in [0.717, 1.165) is 35.8 Å². The number of urea groups is 1. The van der Waals surface area contributed by atoms with Crippen LogP contribution in [0.1, 0.15) is 12.8 Å². The summed E-state index contributed by atoms with van der Waals surface area (Å²) < 4.78 is 16.3. The van der Waals surface area contributed by atoms with Gasteiger partial charge in [0.15, 0.2) is 11.5 Å². The van der Waals surface area contributed by atoms with Gasteiger partial charge in [-0.05, 0) is 47.9 Å². The van der Waals surface area contributed by atoms with Gasteiger partial charge in [-0.15, -0.1) is 0 Å². The number of methoxy groups -OCH3 is 3. The van der Waals surface area contributed by atoms with Crippen LogP contribution in [0.2, 0.25) is 0 Å². The Kier molecular flexibility index (Phi) is 4.15. The number of rotatable bonds is 4. The van der Waals surface area contributed by atoms with Crippen molar-refractivity contribution in [1.29, 1.82) is 0 Å². The molecule has 1 unspecified atom stereocenters. The van der Waals surface area contributed by atoms with Crippen LogP contribution in [0, 0.1) is 5.41 Å². The van der Waals surface area contributed by atoms with E-state index in [2.05, 4.69) is 5.32 Å². The van der Waals surface area contributed by atoms with Gasteiger partial charge in [0, 0.05) is 31.3 Å². The number of carbonyl (C=O) groups is 1. The molecule has 1 heterocycles. The highest BCUT2D eigenvalue weighted by Gasteiger charge is 2.56. The molecule has 1 saturated heterocycles. The molecule has 2 aliphatic rings. The second-order valence-corrected chi connectivity index (χ2v) is 7.17. The number of nitrogens with zero attached hydrogens (tertiary/aromatic N) is 1. The molecule has 1 aliphatic carbocycles. The minimum atomic E-state index is -0.0735. The molecule has 2 fully saturated rings. The standard InChI is InChI=1S/C20H24N2O4/c1-24-16-9-13-4-5-15(8-14(13)10-17(16)25-2)21-19(23)22-11-18(26-3)20(12-22)6-7-20/h4-5,8-10,18H,6-7,11-12H2,1-3H3,(H,21,23). The summed E-state index contributed by atoms with van der Waals surface area (Å²) in [5, 5.41) is 5.02. The highest BCUT2D eigenvalue weighted by molar-refractivity contribution is 5.94. The number of amides is 2. The summed E-state index contributed by atoms with van der Waals surface area (Å²) in [7, 11) is 4.97. The second kappa shape index (κ2) is 6.36. The van der Waals surface area contributed by atoms with Gasteiger partial charge in [0.2, 0.25) is 0 Å². The quantitative estimate of drug-likeness (QED) is 0.911. The number of fused-ring (bicyclic) bond motifs is 1. The minimum absolute atomic E-state index is 0.0735. The van der Waals surface area contributed by atoms with Crippen LogP contribution >= 0.6 is 0 Å². The van der Waals surface area contributed by atoms with E-state index in [9.17, 15) is 4.79 Å². The molecule has 4 rings (SSSR count). The van der Waals surface area contributed by atoms with Gasteiger partial charge in [-0.25, -0.2) is 4.79 Å². The van der Waals surface area contributed by atoms with E-state index < -0.39 is 0 Å². The lowest BCUT2D eigenvalue weighted by atomic mass is 10.0. The van der Waals surface area contributed by atoms with Crippen molar-refractivity contribution in [3.05, 3.63) is 30.3 Å². The molecule has 26 heavy (non-hydrogen) atoms. The largest absolute Gasteiger partial charge is 0.493 e. The monoisotopic (exact) mass is 356 g/mol. The smallest absolute Gasteiger partial charge is 0.321 e. The van der Waals surface area contributed by atoms with E-state index >= 15 is 0 Å². The Morgan fingerprint density at radius 2 is 1.77 bits per heavy atom. The summed E-state index contributed by atoms with van der Waals surface area (Å²) in [6.07, 6.45) is 2.45. The van der Waals surface area contributed by atoms with Crippen LogP contribution < -0.4 is 14.8 Å². The van der Waals surface area contributed by atoms with Gasteiger partial charge >= 0.3 is 6.03 Å². The molecule has 0 aromatic heterocycles. The summed E-state index contributed by atoms with van der Waals surface area (Å²) in [5.41, 5.74) is 0.958. The van der Waals surface area contributed by atoms with E-state index in [1.54, 1.807) is 21.3 Å². The Bertz CT molecular complexity index is 847. The van der Waals surface area contributed by atoms with Crippen molar-refractivity contribution in [1.82, 2.24) is 4.90 Å². The maximum Gasteiger partial charge on any atom is 0.321 e. The first-order chi connectivity index (χ1) is 12.6. The molecule has 1 aliphatic heterocycles. The van der Waals surface area contributed by atoms with Gasteiger partial charge in [-0.1, -0.05) is 6.07 Å². The van der Waals surface area contributed by atoms with Crippen molar-refractivity contribution in [3.63, 3.8) is 0 Å². The van der Waals surface area contributed by atoms with E-state index in [-0.39, 0.29) is 17.6 Å². The summed E-state index contributed by atoms with van der Waals surface area (Å²) in [5.74, 6) is 1.36. The fourth-order valence-corrected chi connectivity index (χ4v) is 3.92. The summed E-state index contributed by atoms with van der Waals surface area (Å²) >= 11 is 0. The molecule has 2 aromatic rings. The van der Waals surface area contributed by atoms with Gasteiger partial charge < -0.3 is 24.4 Å². The number of nitrogens with one attached hydrogen (secondary N) is 1. The van der Waals surface area contributed by atoms with Crippen molar-refractivity contribution < 1.29 is 19.0 Å². The number of benzene rings is 2. The molecular formula is C20H24N2O4. The molecule has 138 valence electrons. The Morgan fingerprint density at radius 3 is 2.35 bits per heavy atom. The molecular weight excluding hydrogens is 332 g/mol. The molecule has 0 bridgehead atoms. The van der Waals surface area contributed by atoms with Crippen molar-refractivity contribution >= 4 is 22.5 Å². The lowest BCUT2D eigenvalue weighted by Crippen LogP contribution is -2.33. The van der Waals surface area contributed by atoms with Crippen LogP contribution in [0.3, 0.4) is 0 Å². The number of hydrogen-bond acceptors (Lipinski definition) is 4. The third-order valence-corrected chi connectivity index (χ3v) is 5.63. The molecule has 0 radical (unpaired) electrons. The Balaban J connectivity index is 1.53. The normalized spacial score (nSPS) is 20.4. The molecule has 1 N–H and O–H groups in total. The first-order valence-corrected chi connectivity index (χ1v) is 8.83. The molecule has 6 nitrogen and oxygen atoms in total. The lowest BCUT2D eigenvalue weighted by Gasteiger charge is -2.17. The van der Waals surface area contributed by atoms with Gasteiger partial charge in [-0.3, -0.25) is 0 Å². The SMILES string of the molecule is COc1cc2ccc(NC(=O)N3CC(OC)C4(CC4)C3)cc2cc1OC.